The third-order valence-corrected chi connectivity index (χ3v) is 3.25. The van der Waals surface area contributed by atoms with Gasteiger partial charge in [0.1, 0.15) is 23.0 Å². The molecule has 2 amide bonds. The molecule has 0 heterocycles. The van der Waals surface area contributed by atoms with Crippen molar-refractivity contribution in [3.8, 4) is 23.0 Å². The molecule has 27 heavy (non-hydrogen) atoms. The molecule has 2 rings (SSSR count). The molecular formula is C17H18CuN4O5. The molecule has 10 heteroatoms. The second-order valence-electron chi connectivity index (χ2n) is 4.86. The van der Waals surface area contributed by atoms with Crippen molar-refractivity contribution >= 4 is 18.5 Å². The summed E-state index contributed by atoms with van der Waals surface area (Å²) in [5.41, 5.74) is 5.00. The number of rotatable bonds is 6. The molecule has 9 nitrogen and oxygen atoms in total. The average Bonchev–Trinajstić information content (AvgIpc) is 2.64. The number of aromatic hydroxyl groups is 2. The SMILES string of the molecule is COc1cccc(O)c1/C=N/NC(=O)N/N=C/c1c(O)cccc1OC.[Cu]. The molecule has 0 fully saturated rings. The molecule has 147 valence electrons. The van der Waals surface area contributed by atoms with Gasteiger partial charge in [0.05, 0.1) is 37.8 Å². The summed E-state index contributed by atoms with van der Waals surface area (Å²) in [6.07, 6.45) is 2.48. The summed E-state index contributed by atoms with van der Waals surface area (Å²) in [5.74, 6) is 0.723. The van der Waals surface area contributed by atoms with E-state index in [4.69, 9.17) is 9.47 Å². The first-order valence-electron chi connectivity index (χ1n) is 7.41. The van der Waals surface area contributed by atoms with Gasteiger partial charge in [-0.05, 0) is 24.3 Å². The van der Waals surface area contributed by atoms with Crippen LogP contribution in [0.3, 0.4) is 0 Å². The number of urea groups is 1. The predicted octanol–water partition coefficient (Wildman–Crippen LogP) is 1.78. The maximum Gasteiger partial charge on any atom is 0.355 e. The fourth-order valence-electron chi connectivity index (χ4n) is 2.02. The Morgan fingerprint density at radius 3 is 1.67 bits per heavy atom. The molecule has 0 saturated heterocycles. The van der Waals surface area contributed by atoms with Crippen LogP contribution in [-0.4, -0.2) is 42.9 Å². The second kappa shape index (κ2) is 10.7. The first kappa shape index (κ1) is 21.8. The van der Waals surface area contributed by atoms with Crippen LogP contribution in [0, 0.1) is 0 Å². The average molecular weight is 422 g/mol. The fraction of sp³-hybridized carbons (Fsp3) is 0.118. The van der Waals surface area contributed by atoms with Crippen molar-refractivity contribution in [1.29, 1.82) is 0 Å². The minimum Gasteiger partial charge on any atom is -0.507 e. The number of nitrogens with zero attached hydrogens (tertiary/aromatic N) is 2. The van der Waals surface area contributed by atoms with E-state index in [1.165, 1.54) is 38.8 Å². The molecule has 2 aromatic rings. The largest absolute Gasteiger partial charge is 0.507 e. The van der Waals surface area contributed by atoms with Gasteiger partial charge >= 0.3 is 6.03 Å². The zero-order chi connectivity index (χ0) is 18.9. The van der Waals surface area contributed by atoms with E-state index in [1.807, 2.05) is 0 Å². The van der Waals surface area contributed by atoms with Crippen LogP contribution in [0.5, 0.6) is 23.0 Å². The first-order chi connectivity index (χ1) is 12.6. The van der Waals surface area contributed by atoms with E-state index >= 15 is 0 Å². The van der Waals surface area contributed by atoms with E-state index < -0.39 is 6.03 Å². The minimum atomic E-state index is -0.721. The second-order valence-corrected chi connectivity index (χ2v) is 4.86. The van der Waals surface area contributed by atoms with E-state index in [0.717, 1.165) is 0 Å². The van der Waals surface area contributed by atoms with Gasteiger partial charge in [-0.2, -0.15) is 10.2 Å². The summed E-state index contributed by atoms with van der Waals surface area (Å²) in [4.78, 5) is 11.7. The van der Waals surface area contributed by atoms with Crippen LogP contribution in [0.4, 0.5) is 4.79 Å². The summed E-state index contributed by atoms with van der Waals surface area (Å²) in [5, 5.41) is 27.0. The van der Waals surface area contributed by atoms with Gasteiger partial charge in [-0.25, -0.2) is 15.6 Å². The molecule has 0 saturated carbocycles. The number of hydrazone groups is 2. The molecule has 2 aromatic carbocycles. The normalized spacial score (nSPS) is 10.4. The molecular weight excluding hydrogens is 404 g/mol. The molecule has 0 unspecified atom stereocenters. The monoisotopic (exact) mass is 421 g/mol. The molecule has 0 aromatic heterocycles. The fourth-order valence-corrected chi connectivity index (χ4v) is 2.02. The quantitative estimate of drug-likeness (QED) is 0.321. The Balaban J connectivity index is 0.00000364. The standard InChI is InChI=1S/C17H18N4O5.Cu/c1-25-15-7-3-5-13(22)11(15)9-18-20-17(24)21-19-10-12-14(23)6-4-8-16(12)26-2;/h3-10,22-23H,1-2H3,(H2,20,21,24);/b18-9+,19-10+;. The molecule has 1 radical (unpaired) electrons. The summed E-state index contributed by atoms with van der Waals surface area (Å²) >= 11 is 0. The van der Waals surface area contributed by atoms with Crippen molar-refractivity contribution in [1.82, 2.24) is 10.9 Å². The zero-order valence-electron chi connectivity index (χ0n) is 14.4. The molecule has 0 aliphatic heterocycles. The number of phenols is 2. The van der Waals surface area contributed by atoms with Crippen molar-refractivity contribution in [2.75, 3.05) is 14.2 Å². The molecule has 0 atom stereocenters. The topological polar surface area (TPSA) is 125 Å². The van der Waals surface area contributed by atoms with Gasteiger partial charge in [-0.15, -0.1) is 0 Å². The molecule has 4 N–H and O–H groups in total. The van der Waals surface area contributed by atoms with Crippen LogP contribution in [0.15, 0.2) is 46.6 Å². The predicted molar refractivity (Wildman–Crippen MR) is 96.2 cm³/mol. The van der Waals surface area contributed by atoms with E-state index in [-0.39, 0.29) is 28.6 Å². The van der Waals surface area contributed by atoms with Gasteiger partial charge in [-0.1, -0.05) is 12.1 Å². The number of nitrogens with one attached hydrogen (secondary N) is 2. The number of carbonyl (C=O) groups is 1. The van der Waals surface area contributed by atoms with E-state index in [9.17, 15) is 15.0 Å². The third-order valence-electron chi connectivity index (χ3n) is 3.25. The Hall–Kier alpha value is -3.23. The van der Waals surface area contributed by atoms with Gasteiger partial charge in [-0.3, -0.25) is 0 Å². The van der Waals surface area contributed by atoms with Gasteiger partial charge < -0.3 is 19.7 Å². The number of carbonyl (C=O) groups excluding carboxylic acids is 1. The molecule has 0 aliphatic rings. The Morgan fingerprint density at radius 1 is 0.889 bits per heavy atom. The summed E-state index contributed by atoms with van der Waals surface area (Å²) < 4.78 is 10.2. The zero-order valence-corrected chi connectivity index (χ0v) is 15.4. The Labute approximate surface area is 166 Å². The Bertz CT molecular complexity index is 775. The molecule has 0 spiro atoms. The van der Waals surface area contributed by atoms with Gasteiger partial charge in [0, 0.05) is 17.1 Å². The number of hydrogen-bond donors (Lipinski definition) is 4. The van der Waals surface area contributed by atoms with Crippen molar-refractivity contribution < 1.29 is 41.5 Å². The maximum atomic E-state index is 11.7. The summed E-state index contributed by atoms with van der Waals surface area (Å²) in [7, 11) is 2.91. The Kier molecular flexibility index (Phi) is 8.64. The number of phenolic OH excluding ortho intramolecular Hbond substituents is 2. The van der Waals surface area contributed by atoms with Crippen molar-refractivity contribution in [3.63, 3.8) is 0 Å². The summed E-state index contributed by atoms with van der Waals surface area (Å²) in [6, 6.07) is 8.74. The van der Waals surface area contributed by atoms with E-state index in [1.54, 1.807) is 24.3 Å². The third kappa shape index (κ3) is 5.91. The molecule has 0 aliphatic carbocycles. The minimum absolute atomic E-state index is 0. The molecule has 0 bridgehead atoms. The number of methoxy groups -OCH3 is 2. The van der Waals surface area contributed by atoms with E-state index in [0.29, 0.717) is 22.6 Å². The van der Waals surface area contributed by atoms with Crippen LogP contribution < -0.4 is 20.3 Å². The van der Waals surface area contributed by atoms with Crippen molar-refractivity contribution in [3.05, 3.63) is 47.5 Å². The summed E-state index contributed by atoms with van der Waals surface area (Å²) in [6.45, 7) is 0. The number of hydrogen-bond acceptors (Lipinski definition) is 7. The van der Waals surface area contributed by atoms with E-state index in [2.05, 4.69) is 21.1 Å². The Morgan fingerprint density at radius 2 is 1.30 bits per heavy atom. The van der Waals surface area contributed by atoms with Crippen molar-refractivity contribution in [2.24, 2.45) is 10.2 Å². The number of benzene rings is 2. The number of amides is 2. The van der Waals surface area contributed by atoms with Crippen LogP contribution in [0.25, 0.3) is 0 Å². The van der Waals surface area contributed by atoms with Crippen molar-refractivity contribution in [2.45, 2.75) is 0 Å². The number of ether oxygens (including phenoxy) is 2. The first-order valence-corrected chi connectivity index (χ1v) is 7.41. The van der Waals surface area contributed by atoms with Crippen LogP contribution in [0.2, 0.25) is 0 Å². The van der Waals surface area contributed by atoms with Crippen LogP contribution in [0.1, 0.15) is 11.1 Å². The smallest absolute Gasteiger partial charge is 0.355 e. The van der Waals surface area contributed by atoms with Crippen LogP contribution in [-0.2, 0) is 17.1 Å². The maximum absolute atomic E-state index is 11.7. The van der Waals surface area contributed by atoms with Gasteiger partial charge in [0.25, 0.3) is 0 Å². The van der Waals surface area contributed by atoms with Gasteiger partial charge in [0.2, 0.25) is 0 Å². The van der Waals surface area contributed by atoms with Gasteiger partial charge in [0.15, 0.2) is 0 Å². The van der Waals surface area contributed by atoms with Crippen LogP contribution >= 0.6 is 0 Å².